The fourth-order valence-corrected chi connectivity index (χ4v) is 2.98. The van der Waals surface area contributed by atoms with Crippen molar-refractivity contribution in [2.75, 3.05) is 30.3 Å². The maximum absolute atomic E-state index is 4.78. The van der Waals surface area contributed by atoms with Gasteiger partial charge in [0.25, 0.3) is 0 Å². The zero-order valence-corrected chi connectivity index (χ0v) is 12.8. The molecule has 0 spiro atoms. The van der Waals surface area contributed by atoms with Crippen molar-refractivity contribution in [3.8, 4) is 0 Å². The van der Waals surface area contributed by atoms with Crippen molar-refractivity contribution in [1.29, 1.82) is 0 Å². The van der Waals surface area contributed by atoms with Gasteiger partial charge in [0.05, 0.1) is 11.0 Å². The summed E-state index contributed by atoms with van der Waals surface area (Å²) in [6.45, 7) is 3.21. The van der Waals surface area contributed by atoms with Crippen LogP contribution in [0.25, 0.3) is 11.0 Å². The van der Waals surface area contributed by atoms with E-state index in [4.69, 9.17) is 9.97 Å². The lowest BCUT2D eigenvalue weighted by atomic mass is 10.00. The molecular formula is C17H23N5. The van der Waals surface area contributed by atoms with Gasteiger partial charge in [-0.2, -0.15) is 0 Å². The van der Waals surface area contributed by atoms with Gasteiger partial charge in [-0.15, -0.1) is 0 Å². The van der Waals surface area contributed by atoms with Crippen molar-refractivity contribution in [3.63, 3.8) is 0 Å². The fraction of sp³-hybridized carbons (Fsp3) is 0.529. The van der Waals surface area contributed by atoms with E-state index in [9.17, 15) is 0 Å². The predicted octanol–water partition coefficient (Wildman–Crippen LogP) is 2.62. The topological polar surface area (TPSA) is 61.9 Å². The van der Waals surface area contributed by atoms with Crippen LogP contribution >= 0.6 is 0 Å². The molecule has 0 amide bonds. The summed E-state index contributed by atoms with van der Waals surface area (Å²) in [4.78, 5) is 9.55. The lowest BCUT2D eigenvalue weighted by molar-refractivity contribution is 0.392. The van der Waals surface area contributed by atoms with Crippen LogP contribution in [-0.2, 0) is 0 Å². The van der Waals surface area contributed by atoms with Gasteiger partial charge in [-0.1, -0.05) is 12.1 Å². The second-order valence-electron chi connectivity index (χ2n) is 6.42. The molecule has 1 saturated carbocycles. The Morgan fingerprint density at radius 1 is 1.05 bits per heavy atom. The number of anilines is 2. The smallest absolute Gasteiger partial charge is 0.169 e. The van der Waals surface area contributed by atoms with Gasteiger partial charge in [0, 0.05) is 12.6 Å². The zero-order chi connectivity index (χ0) is 14.8. The molecule has 1 aliphatic heterocycles. The molecule has 2 fully saturated rings. The van der Waals surface area contributed by atoms with Crippen LogP contribution in [0.1, 0.15) is 25.7 Å². The van der Waals surface area contributed by atoms with Crippen LogP contribution in [0.3, 0.4) is 0 Å². The Labute approximate surface area is 130 Å². The molecule has 2 aliphatic rings. The minimum absolute atomic E-state index is 0.576. The van der Waals surface area contributed by atoms with Gasteiger partial charge in [0.15, 0.2) is 11.6 Å². The molecule has 5 nitrogen and oxygen atoms in total. The van der Waals surface area contributed by atoms with Crippen molar-refractivity contribution in [2.24, 2.45) is 5.92 Å². The number of hydrogen-bond donors (Lipinski definition) is 3. The van der Waals surface area contributed by atoms with Crippen LogP contribution in [-0.4, -0.2) is 35.6 Å². The molecule has 5 heteroatoms. The molecule has 2 heterocycles. The van der Waals surface area contributed by atoms with Crippen LogP contribution in [0, 0.1) is 5.92 Å². The molecular weight excluding hydrogens is 274 g/mol. The standard InChI is InChI=1S/C17H23N5/c1-2-6-15-14(5-1)21-16(17(22-15)20-13-7-8-13)19-11-12-4-3-9-18-10-12/h1-2,5-6,12-13,18H,3-4,7-11H2,(H,19,21)(H,20,22)/t12-/m1/s1. The van der Waals surface area contributed by atoms with Crippen LogP contribution in [0.5, 0.6) is 0 Å². The highest BCUT2D eigenvalue weighted by Crippen LogP contribution is 2.29. The summed E-state index contributed by atoms with van der Waals surface area (Å²) in [5, 5.41) is 10.5. The number of benzene rings is 1. The quantitative estimate of drug-likeness (QED) is 0.792. The molecule has 0 bridgehead atoms. The highest BCUT2D eigenvalue weighted by atomic mass is 15.1. The van der Waals surface area contributed by atoms with Gasteiger partial charge in [0.2, 0.25) is 0 Å². The summed E-state index contributed by atoms with van der Waals surface area (Å²) < 4.78 is 0. The Hall–Kier alpha value is -1.88. The number of nitrogens with one attached hydrogen (secondary N) is 3. The number of fused-ring (bicyclic) bond motifs is 1. The minimum atomic E-state index is 0.576. The zero-order valence-electron chi connectivity index (χ0n) is 12.8. The molecule has 0 unspecified atom stereocenters. The van der Waals surface area contributed by atoms with Gasteiger partial charge in [-0.25, -0.2) is 9.97 Å². The Bertz CT molecular complexity index is 647. The van der Waals surface area contributed by atoms with Crippen LogP contribution in [0.4, 0.5) is 11.6 Å². The van der Waals surface area contributed by atoms with Crippen molar-refractivity contribution in [2.45, 2.75) is 31.7 Å². The first kappa shape index (κ1) is 13.8. The largest absolute Gasteiger partial charge is 0.367 e. The monoisotopic (exact) mass is 297 g/mol. The Morgan fingerprint density at radius 2 is 1.82 bits per heavy atom. The van der Waals surface area contributed by atoms with Crippen molar-refractivity contribution < 1.29 is 0 Å². The first-order valence-electron chi connectivity index (χ1n) is 8.36. The Kier molecular flexibility index (Phi) is 3.81. The van der Waals surface area contributed by atoms with Gasteiger partial charge < -0.3 is 16.0 Å². The molecule has 0 radical (unpaired) electrons. The van der Waals surface area contributed by atoms with Crippen molar-refractivity contribution in [1.82, 2.24) is 15.3 Å². The Morgan fingerprint density at radius 3 is 2.50 bits per heavy atom. The summed E-state index contributed by atoms with van der Waals surface area (Å²) in [7, 11) is 0. The molecule has 3 N–H and O–H groups in total. The third-order valence-electron chi connectivity index (χ3n) is 4.45. The summed E-state index contributed by atoms with van der Waals surface area (Å²) in [6.07, 6.45) is 5.02. The molecule has 116 valence electrons. The molecule has 1 atom stereocenters. The number of piperidine rings is 1. The van der Waals surface area contributed by atoms with Crippen LogP contribution in [0.15, 0.2) is 24.3 Å². The molecule has 2 aromatic rings. The number of aromatic nitrogens is 2. The average Bonchev–Trinajstić information content (AvgIpc) is 3.38. The van der Waals surface area contributed by atoms with Crippen LogP contribution < -0.4 is 16.0 Å². The molecule has 22 heavy (non-hydrogen) atoms. The molecule has 4 rings (SSSR count). The first-order valence-corrected chi connectivity index (χ1v) is 8.36. The number of nitrogens with zero attached hydrogens (tertiary/aromatic N) is 2. The summed E-state index contributed by atoms with van der Waals surface area (Å²) >= 11 is 0. The van der Waals surface area contributed by atoms with Gasteiger partial charge in [-0.05, 0) is 56.8 Å². The maximum Gasteiger partial charge on any atom is 0.169 e. The fourth-order valence-electron chi connectivity index (χ4n) is 2.98. The lowest BCUT2D eigenvalue weighted by Gasteiger charge is -2.23. The highest BCUT2D eigenvalue weighted by molar-refractivity contribution is 5.80. The SMILES string of the molecule is c1ccc2nc(NC3CC3)c(NC[C@@H]3CCCNC3)nc2c1. The van der Waals surface area contributed by atoms with E-state index in [0.29, 0.717) is 12.0 Å². The van der Waals surface area contributed by atoms with Gasteiger partial charge >= 0.3 is 0 Å². The van der Waals surface area contributed by atoms with Gasteiger partial charge in [0.1, 0.15) is 0 Å². The average molecular weight is 297 g/mol. The summed E-state index contributed by atoms with van der Waals surface area (Å²) in [5.74, 6) is 2.48. The predicted molar refractivity (Wildman–Crippen MR) is 90.3 cm³/mol. The number of rotatable bonds is 5. The van der Waals surface area contributed by atoms with E-state index in [1.165, 1.54) is 25.7 Å². The third kappa shape index (κ3) is 3.14. The van der Waals surface area contributed by atoms with E-state index in [1.54, 1.807) is 0 Å². The van der Waals surface area contributed by atoms with E-state index in [2.05, 4.69) is 16.0 Å². The minimum Gasteiger partial charge on any atom is -0.367 e. The Balaban J connectivity index is 1.55. The second kappa shape index (κ2) is 6.08. The van der Waals surface area contributed by atoms with E-state index in [0.717, 1.165) is 42.3 Å². The third-order valence-corrected chi connectivity index (χ3v) is 4.45. The van der Waals surface area contributed by atoms with Crippen molar-refractivity contribution in [3.05, 3.63) is 24.3 Å². The van der Waals surface area contributed by atoms with Gasteiger partial charge in [-0.3, -0.25) is 0 Å². The van der Waals surface area contributed by atoms with E-state index in [-0.39, 0.29) is 0 Å². The van der Waals surface area contributed by atoms with E-state index in [1.807, 2.05) is 24.3 Å². The highest BCUT2D eigenvalue weighted by Gasteiger charge is 2.23. The van der Waals surface area contributed by atoms with Crippen molar-refractivity contribution >= 4 is 22.7 Å². The van der Waals surface area contributed by atoms with E-state index >= 15 is 0 Å². The molecule has 1 aromatic carbocycles. The molecule has 1 saturated heterocycles. The molecule has 1 aliphatic carbocycles. The van der Waals surface area contributed by atoms with Crippen LogP contribution in [0.2, 0.25) is 0 Å². The van der Waals surface area contributed by atoms with E-state index < -0.39 is 0 Å². The lowest BCUT2D eigenvalue weighted by Crippen LogP contribution is -2.33. The first-order chi connectivity index (χ1) is 10.9. The maximum atomic E-state index is 4.78. The number of hydrogen-bond acceptors (Lipinski definition) is 5. The summed E-state index contributed by atoms with van der Waals surface area (Å²) in [5.41, 5.74) is 1.91. The molecule has 1 aromatic heterocycles. The normalized spacial score (nSPS) is 21.7. The summed E-state index contributed by atoms with van der Waals surface area (Å²) in [6, 6.07) is 8.65. The second-order valence-corrected chi connectivity index (χ2v) is 6.42. The number of para-hydroxylation sites is 2.